The first-order valence-electron chi connectivity index (χ1n) is 20.9. The first kappa shape index (κ1) is 40.7. The lowest BCUT2D eigenvalue weighted by atomic mass is 9.92. The molecule has 8 rings (SSSR count). The molecule has 0 spiro atoms. The van der Waals surface area contributed by atoms with Gasteiger partial charge in [-0.15, -0.1) is 0 Å². The van der Waals surface area contributed by atoms with Gasteiger partial charge in [-0.05, 0) is 90.3 Å². The molecule has 3 aromatic carbocycles. The van der Waals surface area contributed by atoms with Gasteiger partial charge in [0, 0.05) is 23.5 Å². The van der Waals surface area contributed by atoms with Crippen LogP contribution in [-0.2, 0) is 25.7 Å². The number of methoxy groups -OCH3 is 2. The summed E-state index contributed by atoms with van der Waals surface area (Å²) in [6.07, 6.45) is 2.87. The van der Waals surface area contributed by atoms with Gasteiger partial charge >= 0.3 is 12.2 Å². The van der Waals surface area contributed by atoms with Crippen molar-refractivity contribution in [3.8, 4) is 28.1 Å². The van der Waals surface area contributed by atoms with Crippen LogP contribution >= 0.6 is 0 Å². The molecule has 2 fully saturated rings. The summed E-state index contributed by atoms with van der Waals surface area (Å²) in [5, 5.41) is 7.42. The maximum Gasteiger partial charge on any atom is 0.407 e. The molecule has 6 atom stereocenters. The van der Waals surface area contributed by atoms with E-state index in [1.807, 2.05) is 56.7 Å². The molecular weight excluding hydrogens is 765 g/mol. The number of nitrogens with one attached hydrogen (secondary N) is 4. The fourth-order valence-corrected chi connectivity index (χ4v) is 9.19. The molecule has 5 aromatic rings. The molecule has 0 aliphatic carbocycles. The summed E-state index contributed by atoms with van der Waals surface area (Å²) in [6, 6.07) is 12.7. The van der Waals surface area contributed by atoms with E-state index >= 15 is 0 Å². The molecule has 2 saturated heterocycles. The van der Waals surface area contributed by atoms with Crippen molar-refractivity contribution in [1.29, 1.82) is 0 Å². The van der Waals surface area contributed by atoms with Crippen LogP contribution in [0.2, 0.25) is 0 Å². The van der Waals surface area contributed by atoms with Crippen LogP contribution in [0.25, 0.3) is 44.2 Å². The number of amides is 4. The second kappa shape index (κ2) is 16.1. The average Bonchev–Trinajstić information content (AvgIpc) is 4.05. The maximum absolute atomic E-state index is 14.0. The Bertz CT molecular complexity index is 2470. The van der Waals surface area contributed by atoms with Crippen LogP contribution < -0.4 is 15.4 Å². The van der Waals surface area contributed by atoms with Crippen molar-refractivity contribution in [1.82, 2.24) is 40.4 Å². The van der Waals surface area contributed by atoms with E-state index in [0.29, 0.717) is 24.8 Å². The lowest BCUT2D eigenvalue weighted by molar-refractivity contribution is -0.137. The van der Waals surface area contributed by atoms with Gasteiger partial charge in [-0.25, -0.2) is 19.6 Å². The van der Waals surface area contributed by atoms with Gasteiger partial charge in [0.2, 0.25) is 11.8 Å². The number of hydrogen-bond acceptors (Lipinski definition) is 9. The van der Waals surface area contributed by atoms with E-state index in [0.717, 1.165) is 74.8 Å². The fourth-order valence-electron chi connectivity index (χ4n) is 9.19. The molecular formula is C45H54N8O7. The summed E-state index contributed by atoms with van der Waals surface area (Å²) in [6.45, 7) is 12.7. The minimum absolute atomic E-state index is 0.0255. The molecule has 0 bridgehead atoms. The normalized spacial score (nSPS) is 20.8. The summed E-state index contributed by atoms with van der Waals surface area (Å²) in [4.78, 5) is 72.6. The van der Waals surface area contributed by atoms with Crippen molar-refractivity contribution in [3.05, 3.63) is 65.9 Å². The van der Waals surface area contributed by atoms with Crippen LogP contribution in [0.3, 0.4) is 0 Å². The lowest BCUT2D eigenvalue weighted by Gasteiger charge is -2.32. The highest BCUT2D eigenvalue weighted by molar-refractivity contribution is 6.07. The number of carbonyl (C=O) groups is 4. The number of imidazole rings is 2. The minimum atomic E-state index is -0.726. The van der Waals surface area contributed by atoms with Gasteiger partial charge in [-0.2, -0.15) is 0 Å². The Morgan fingerprint density at radius 2 is 1.55 bits per heavy atom. The van der Waals surface area contributed by atoms with Gasteiger partial charge in [0.05, 0.1) is 49.2 Å². The Morgan fingerprint density at radius 1 is 0.833 bits per heavy atom. The number of nitrogens with zero attached hydrogens (tertiary/aromatic N) is 4. The molecule has 3 aliphatic heterocycles. The van der Waals surface area contributed by atoms with Gasteiger partial charge in [0.25, 0.3) is 0 Å². The zero-order valence-electron chi connectivity index (χ0n) is 35.4. The van der Waals surface area contributed by atoms with Gasteiger partial charge in [-0.3, -0.25) is 9.59 Å². The van der Waals surface area contributed by atoms with Crippen molar-refractivity contribution in [2.45, 2.75) is 97.6 Å². The predicted molar refractivity (Wildman–Crippen MR) is 226 cm³/mol. The molecule has 5 heterocycles. The van der Waals surface area contributed by atoms with Gasteiger partial charge in [-0.1, -0.05) is 52.8 Å². The molecule has 15 nitrogen and oxygen atoms in total. The van der Waals surface area contributed by atoms with E-state index in [1.165, 1.54) is 14.2 Å². The molecule has 316 valence electrons. The summed E-state index contributed by atoms with van der Waals surface area (Å²) < 4.78 is 16.0. The number of H-pyrrole nitrogens is 2. The van der Waals surface area contributed by atoms with Crippen molar-refractivity contribution in [2.24, 2.45) is 17.8 Å². The van der Waals surface area contributed by atoms with E-state index in [4.69, 9.17) is 24.2 Å². The Kier molecular flexibility index (Phi) is 10.9. The summed E-state index contributed by atoms with van der Waals surface area (Å²) in [5.41, 5.74) is 6.58. The fraction of sp³-hybridized carbons (Fsp3) is 0.467. The van der Waals surface area contributed by atoms with Crippen LogP contribution in [-0.4, -0.2) is 92.6 Å². The third-order valence-electron chi connectivity index (χ3n) is 12.4. The number of likely N-dealkylation sites (tertiary alicyclic amines) is 2. The summed E-state index contributed by atoms with van der Waals surface area (Å²) in [5.74, 6) is 1.89. The van der Waals surface area contributed by atoms with E-state index < -0.39 is 24.3 Å². The predicted octanol–water partition coefficient (Wildman–Crippen LogP) is 7.39. The SMILES string of the molecule is COC(=O)NC(C(=O)N1[C@@H](C)CC[C@H]1c1nc2c(ccc3cc4c(cc32)OCc2cc(-c3cnc([C@@H]5C[C@H](C)CN5C(=O)[C@@H](NC(=O)OC)C(C)C)[nH]3)ccc2-4)[nH]1)C(C)C. The smallest absolute Gasteiger partial charge is 0.407 e. The topological polar surface area (TPSA) is 184 Å². The van der Waals surface area contributed by atoms with Crippen molar-refractivity contribution < 1.29 is 33.4 Å². The standard InChI is InChI=1S/C45H54N8O7/c1-22(2)37(50-44(56)58-7)42(54)52-20-24(5)15-35(52)40-46-19-33(48-40)27-10-12-29-28(16-27)21-60-36-18-30-26(17-31(29)36)11-13-32-39(30)49-41(47-32)34-14-9-25(6)53(34)43(55)38(23(3)4)51-45(57)59-8/h10-13,16-19,22-25,34-35,37-38H,9,14-15,20-21H2,1-8H3,(H,46,48)(H,47,49)(H,50,56)(H,51,57)/t24-,25-,34-,35-,37-,38?/m0/s1. The highest BCUT2D eigenvalue weighted by atomic mass is 16.5. The highest BCUT2D eigenvalue weighted by Crippen LogP contribution is 2.44. The maximum atomic E-state index is 14.0. The Hall–Kier alpha value is -6.12. The van der Waals surface area contributed by atoms with Crippen molar-refractivity contribution in [2.75, 3.05) is 20.8 Å². The number of aromatic amines is 2. The third kappa shape index (κ3) is 7.38. The molecule has 0 saturated carbocycles. The first-order valence-corrected chi connectivity index (χ1v) is 20.9. The molecule has 2 aromatic heterocycles. The number of rotatable bonds is 9. The number of benzene rings is 3. The first-order chi connectivity index (χ1) is 28.8. The second-order valence-corrected chi connectivity index (χ2v) is 17.2. The van der Waals surface area contributed by atoms with Gasteiger partial charge in [0.15, 0.2) is 0 Å². The van der Waals surface area contributed by atoms with Crippen molar-refractivity contribution >= 4 is 45.8 Å². The molecule has 0 radical (unpaired) electrons. The molecule has 4 N–H and O–H groups in total. The van der Waals surface area contributed by atoms with E-state index in [2.05, 4.69) is 63.9 Å². The molecule has 4 amide bonds. The number of hydrogen-bond donors (Lipinski definition) is 4. The van der Waals surface area contributed by atoms with Crippen LogP contribution in [0.1, 0.15) is 90.1 Å². The second-order valence-electron chi connectivity index (χ2n) is 17.2. The molecule has 60 heavy (non-hydrogen) atoms. The number of carbonyl (C=O) groups excluding carboxylic acids is 4. The van der Waals surface area contributed by atoms with E-state index in [-0.39, 0.29) is 47.7 Å². The van der Waals surface area contributed by atoms with Crippen LogP contribution in [0.15, 0.2) is 48.7 Å². The van der Waals surface area contributed by atoms with E-state index in [9.17, 15) is 19.2 Å². The Morgan fingerprint density at radius 3 is 2.25 bits per heavy atom. The summed E-state index contributed by atoms with van der Waals surface area (Å²) in [7, 11) is 2.59. The number of aromatic nitrogens is 4. The number of fused-ring (bicyclic) bond motifs is 6. The number of ether oxygens (including phenoxy) is 3. The van der Waals surface area contributed by atoms with Gasteiger partial charge < -0.3 is 44.6 Å². The summed E-state index contributed by atoms with van der Waals surface area (Å²) >= 11 is 0. The monoisotopic (exact) mass is 818 g/mol. The quantitative estimate of drug-likeness (QED) is 0.118. The molecule has 15 heteroatoms. The average molecular weight is 819 g/mol. The minimum Gasteiger partial charge on any atom is -0.488 e. The Balaban J connectivity index is 1.05. The number of alkyl carbamates (subject to hydrolysis) is 2. The van der Waals surface area contributed by atoms with Gasteiger partial charge in [0.1, 0.15) is 36.1 Å². The van der Waals surface area contributed by atoms with Crippen LogP contribution in [0, 0.1) is 17.8 Å². The zero-order valence-corrected chi connectivity index (χ0v) is 35.4. The zero-order chi connectivity index (χ0) is 42.6. The van der Waals surface area contributed by atoms with Crippen molar-refractivity contribution in [3.63, 3.8) is 0 Å². The third-order valence-corrected chi connectivity index (χ3v) is 12.4. The Labute approximate surface area is 348 Å². The molecule has 1 unspecified atom stereocenters. The lowest BCUT2D eigenvalue weighted by Crippen LogP contribution is -2.52. The molecule has 3 aliphatic rings. The van der Waals surface area contributed by atoms with E-state index in [1.54, 1.807) is 0 Å². The van der Waals surface area contributed by atoms with Crippen LogP contribution in [0.4, 0.5) is 9.59 Å². The van der Waals surface area contributed by atoms with Crippen LogP contribution in [0.5, 0.6) is 5.75 Å². The highest BCUT2D eigenvalue weighted by Gasteiger charge is 2.42. The largest absolute Gasteiger partial charge is 0.488 e.